The molecule has 5 N–H and O–H groups in total. The fourth-order valence-electron chi connectivity index (χ4n) is 6.08. The summed E-state index contributed by atoms with van der Waals surface area (Å²) in [5, 5.41) is 14.3. The highest BCUT2D eigenvalue weighted by molar-refractivity contribution is 6.01. The van der Waals surface area contributed by atoms with Gasteiger partial charge in [0.15, 0.2) is 0 Å². The van der Waals surface area contributed by atoms with Crippen LogP contribution in [-0.2, 0) is 32.1 Å². The van der Waals surface area contributed by atoms with Crippen LogP contribution in [0.4, 0.5) is 0 Å². The van der Waals surface area contributed by atoms with E-state index < -0.39 is 47.7 Å². The molecule has 13 heteroatoms. The Bertz CT molecular complexity index is 1560. The zero-order valence-corrected chi connectivity index (χ0v) is 26.9. The first-order valence-electron chi connectivity index (χ1n) is 16.5. The topological polar surface area (TPSA) is 173 Å². The second-order valence-electron chi connectivity index (χ2n) is 12.2. The maximum absolute atomic E-state index is 13.9. The molecule has 0 radical (unpaired) electrons. The molecule has 13 nitrogen and oxygen atoms in total. The van der Waals surface area contributed by atoms with Gasteiger partial charge in [0.05, 0.1) is 24.9 Å². The minimum atomic E-state index is -1.26. The highest BCUT2D eigenvalue weighted by atomic mass is 16.5. The van der Waals surface area contributed by atoms with E-state index >= 15 is 0 Å². The van der Waals surface area contributed by atoms with Crippen molar-refractivity contribution in [2.45, 2.75) is 75.5 Å². The molecule has 1 saturated carbocycles. The monoisotopic (exact) mass is 657 g/mol. The lowest BCUT2D eigenvalue weighted by Gasteiger charge is -2.32. The minimum absolute atomic E-state index is 0.201. The lowest BCUT2D eigenvalue weighted by atomic mass is 9.94. The molecule has 2 aliphatic rings. The third kappa shape index (κ3) is 9.20. The third-order valence-corrected chi connectivity index (χ3v) is 8.65. The first-order chi connectivity index (χ1) is 23.3. The number of carbonyl (C=O) groups excluding carboxylic acids is 5. The molecule has 0 bridgehead atoms. The Morgan fingerprint density at radius 1 is 0.979 bits per heavy atom. The zero-order valence-electron chi connectivity index (χ0n) is 26.9. The van der Waals surface area contributed by atoms with E-state index in [-0.39, 0.29) is 31.0 Å². The van der Waals surface area contributed by atoms with Crippen molar-refractivity contribution in [3.05, 3.63) is 84.4 Å². The molecule has 0 saturated heterocycles. The van der Waals surface area contributed by atoms with E-state index in [1.165, 1.54) is 0 Å². The average molecular weight is 658 g/mol. The van der Waals surface area contributed by atoms with E-state index in [2.05, 4.69) is 31.6 Å². The molecule has 1 spiro atoms. The van der Waals surface area contributed by atoms with Crippen molar-refractivity contribution < 1.29 is 28.7 Å². The van der Waals surface area contributed by atoms with Gasteiger partial charge in [-0.05, 0) is 43.4 Å². The van der Waals surface area contributed by atoms with E-state index in [0.717, 1.165) is 5.56 Å². The Hall–Kier alpha value is -5.20. The van der Waals surface area contributed by atoms with Crippen LogP contribution in [-0.4, -0.2) is 76.4 Å². The molecule has 3 aromatic rings. The van der Waals surface area contributed by atoms with Crippen molar-refractivity contribution in [1.82, 2.24) is 36.1 Å². The second kappa shape index (κ2) is 16.6. The molecule has 5 rings (SSSR count). The number of hydrogen-bond donors (Lipinski definition) is 5. The number of ether oxygens (including phenoxy) is 1. The first-order valence-corrected chi connectivity index (χ1v) is 16.5. The first kappa shape index (κ1) is 34.1. The predicted molar refractivity (Wildman–Crippen MR) is 177 cm³/mol. The van der Waals surface area contributed by atoms with Crippen molar-refractivity contribution in [3.63, 3.8) is 0 Å². The molecule has 2 atom stereocenters. The molecule has 1 aromatic heterocycles. The number of nitrogens with one attached hydrogen (secondary N) is 5. The summed E-state index contributed by atoms with van der Waals surface area (Å²) in [7, 11) is 0. The van der Waals surface area contributed by atoms with Crippen LogP contribution in [0.5, 0.6) is 5.75 Å². The van der Waals surface area contributed by atoms with Crippen LogP contribution >= 0.6 is 0 Å². The average Bonchev–Trinajstić information content (AvgIpc) is 3.79. The van der Waals surface area contributed by atoms with Gasteiger partial charge in [-0.3, -0.25) is 24.0 Å². The number of amides is 5. The lowest BCUT2D eigenvalue weighted by Crippen LogP contribution is -2.62. The number of fused-ring (bicyclic) bond motifs is 1. The van der Waals surface area contributed by atoms with E-state index in [4.69, 9.17) is 4.74 Å². The van der Waals surface area contributed by atoms with Gasteiger partial charge in [-0.15, -0.1) is 0 Å². The highest BCUT2D eigenvalue weighted by Gasteiger charge is 2.44. The third-order valence-electron chi connectivity index (χ3n) is 8.65. The molecule has 48 heavy (non-hydrogen) atoms. The van der Waals surface area contributed by atoms with Crippen LogP contribution in [0.2, 0.25) is 0 Å². The van der Waals surface area contributed by atoms with Gasteiger partial charge in [0.1, 0.15) is 23.4 Å². The molecule has 1 aliphatic carbocycles. The van der Waals surface area contributed by atoms with E-state index in [1.54, 1.807) is 36.8 Å². The normalized spacial score (nSPS) is 20.6. The summed E-state index contributed by atoms with van der Waals surface area (Å²) in [5.74, 6) is -2.17. The lowest BCUT2D eigenvalue weighted by molar-refractivity contribution is -0.136. The number of para-hydroxylation sites is 1. The maximum Gasteiger partial charge on any atom is 0.255 e. The predicted octanol–water partition coefficient (Wildman–Crippen LogP) is 1.63. The van der Waals surface area contributed by atoms with Gasteiger partial charge < -0.3 is 35.9 Å². The Balaban J connectivity index is 1.37. The number of rotatable bonds is 7. The molecular weight excluding hydrogens is 614 g/mol. The standard InChI is InChI=1S/C35H43N7O6/c43-30-23-28(33(46)37-16-8-19-42-20-18-36-24-42)39-31(44)26-12-4-5-13-29(26)48-21-9-17-38-32(45)27(22-25-10-2-1-3-11-25)40-34(47)35(41-30)14-6-7-15-35/h1-5,10-13,18,20,24,27-28H,6-9,14-17,19,21-23H2,(H,37,46)(H,38,45)(H,39,44)(H,40,47)(H,41,43)/t27-,28-/m0/s1. The quantitative estimate of drug-likeness (QED) is 0.240. The fraction of sp³-hybridized carbons (Fsp3) is 0.429. The van der Waals surface area contributed by atoms with Crippen molar-refractivity contribution in [1.29, 1.82) is 0 Å². The number of hydrogen-bond acceptors (Lipinski definition) is 7. The number of benzene rings is 2. The molecule has 2 heterocycles. The molecule has 1 fully saturated rings. The Morgan fingerprint density at radius 2 is 1.75 bits per heavy atom. The van der Waals surface area contributed by atoms with Crippen LogP contribution < -0.4 is 31.3 Å². The second-order valence-corrected chi connectivity index (χ2v) is 12.2. The summed E-state index contributed by atoms with van der Waals surface area (Å²) in [4.78, 5) is 71.9. The number of aryl methyl sites for hydroxylation is 1. The maximum atomic E-state index is 13.9. The van der Waals surface area contributed by atoms with Crippen LogP contribution in [0.3, 0.4) is 0 Å². The molecule has 2 aromatic carbocycles. The number of aromatic nitrogens is 2. The fourth-order valence-corrected chi connectivity index (χ4v) is 6.08. The summed E-state index contributed by atoms with van der Waals surface area (Å²) >= 11 is 0. The van der Waals surface area contributed by atoms with Crippen LogP contribution in [0.25, 0.3) is 0 Å². The summed E-state index contributed by atoms with van der Waals surface area (Å²) in [6, 6.07) is 13.9. The minimum Gasteiger partial charge on any atom is -0.493 e. The van der Waals surface area contributed by atoms with Gasteiger partial charge in [-0.2, -0.15) is 0 Å². The van der Waals surface area contributed by atoms with E-state index in [0.29, 0.717) is 57.4 Å². The van der Waals surface area contributed by atoms with E-state index in [1.807, 2.05) is 41.1 Å². The zero-order chi connectivity index (χ0) is 33.8. The number of carbonyl (C=O) groups is 5. The van der Waals surface area contributed by atoms with Crippen LogP contribution in [0.1, 0.15) is 60.9 Å². The summed E-state index contributed by atoms with van der Waals surface area (Å²) in [5.41, 5.74) is -0.178. The number of imidazole rings is 1. The molecule has 5 amide bonds. The largest absolute Gasteiger partial charge is 0.493 e. The van der Waals surface area contributed by atoms with Crippen molar-refractivity contribution in [3.8, 4) is 5.75 Å². The van der Waals surface area contributed by atoms with E-state index in [9.17, 15) is 24.0 Å². The SMILES string of the molecule is O=C1C[C@@H](C(=O)NCCCn2ccnc2)NC(=O)c2ccccc2OCCCNC(=O)[C@H](Cc2ccccc2)NC(=O)C2(CCCC2)N1. The summed E-state index contributed by atoms with van der Waals surface area (Å²) in [6.07, 6.45) is 8.27. The van der Waals surface area contributed by atoms with Crippen LogP contribution in [0, 0.1) is 0 Å². The molecule has 0 unspecified atom stereocenters. The van der Waals surface area contributed by atoms with Gasteiger partial charge in [0.25, 0.3) is 5.91 Å². The van der Waals surface area contributed by atoms with Gasteiger partial charge in [0.2, 0.25) is 23.6 Å². The summed E-state index contributed by atoms with van der Waals surface area (Å²) < 4.78 is 7.79. The number of nitrogens with zero attached hydrogens (tertiary/aromatic N) is 2. The molecular formula is C35H43N7O6. The molecule has 1 aliphatic heterocycles. The van der Waals surface area contributed by atoms with Gasteiger partial charge in [-0.25, -0.2) is 4.98 Å². The Kier molecular flexibility index (Phi) is 11.8. The summed E-state index contributed by atoms with van der Waals surface area (Å²) in [6.45, 7) is 1.41. The van der Waals surface area contributed by atoms with Gasteiger partial charge >= 0.3 is 0 Å². The molecule has 254 valence electrons. The van der Waals surface area contributed by atoms with Gasteiger partial charge in [-0.1, -0.05) is 55.3 Å². The van der Waals surface area contributed by atoms with Crippen molar-refractivity contribution in [2.24, 2.45) is 0 Å². The van der Waals surface area contributed by atoms with Gasteiger partial charge in [0, 0.05) is 38.4 Å². The van der Waals surface area contributed by atoms with Crippen LogP contribution in [0.15, 0.2) is 73.3 Å². The Morgan fingerprint density at radius 3 is 2.52 bits per heavy atom. The smallest absolute Gasteiger partial charge is 0.255 e. The highest BCUT2D eigenvalue weighted by Crippen LogP contribution is 2.30. The van der Waals surface area contributed by atoms with Crippen molar-refractivity contribution in [2.75, 3.05) is 19.7 Å². The van der Waals surface area contributed by atoms with Crippen molar-refractivity contribution >= 4 is 29.5 Å². The Labute approximate surface area is 279 Å².